The number of nitrogens with zero attached hydrogens (tertiary/aromatic N) is 1. The van der Waals surface area contributed by atoms with Gasteiger partial charge in [-0.05, 0) is 37.5 Å². The predicted octanol–water partition coefficient (Wildman–Crippen LogP) is 4.36. The summed E-state index contributed by atoms with van der Waals surface area (Å²) in [6, 6.07) is 21.4. The minimum atomic E-state index is -0.685. The highest BCUT2D eigenvalue weighted by atomic mass is 16.5. The summed E-state index contributed by atoms with van der Waals surface area (Å²) in [5.74, 6) is -1.22. The Morgan fingerprint density at radius 3 is 2.32 bits per heavy atom. The monoisotopic (exact) mass is 413 g/mol. The van der Waals surface area contributed by atoms with E-state index in [-0.39, 0.29) is 29.4 Å². The molecule has 0 fully saturated rings. The highest BCUT2D eigenvalue weighted by molar-refractivity contribution is 6.14. The maximum Gasteiger partial charge on any atom is 0.339 e. The molecule has 0 aliphatic carbocycles. The largest absolute Gasteiger partial charge is 0.452 e. The molecule has 0 atom stereocenters. The van der Waals surface area contributed by atoms with Gasteiger partial charge in [0, 0.05) is 23.4 Å². The summed E-state index contributed by atoms with van der Waals surface area (Å²) >= 11 is 0. The fourth-order valence-electron chi connectivity index (χ4n) is 3.80. The van der Waals surface area contributed by atoms with Crippen molar-refractivity contribution in [3.05, 3.63) is 101 Å². The lowest BCUT2D eigenvalue weighted by Gasteiger charge is -2.29. The maximum absolute atomic E-state index is 12.9. The zero-order valence-electron chi connectivity index (χ0n) is 17.3. The third kappa shape index (κ3) is 4.40. The van der Waals surface area contributed by atoms with Crippen LogP contribution in [0.3, 0.4) is 0 Å². The van der Waals surface area contributed by atoms with Crippen molar-refractivity contribution in [3.8, 4) is 0 Å². The first-order chi connectivity index (χ1) is 15.0. The van der Waals surface area contributed by atoms with Crippen LogP contribution in [0.1, 0.15) is 43.8 Å². The van der Waals surface area contributed by atoms with Gasteiger partial charge in [-0.25, -0.2) is 4.79 Å². The van der Waals surface area contributed by atoms with E-state index < -0.39 is 5.97 Å². The lowest BCUT2D eigenvalue weighted by Crippen LogP contribution is -2.38. The number of rotatable bonds is 5. The predicted molar refractivity (Wildman–Crippen MR) is 118 cm³/mol. The van der Waals surface area contributed by atoms with E-state index in [4.69, 9.17) is 4.74 Å². The van der Waals surface area contributed by atoms with E-state index in [1.807, 2.05) is 43.3 Å². The Morgan fingerprint density at radius 2 is 1.55 bits per heavy atom. The molecule has 0 N–H and O–H groups in total. The number of esters is 1. The average Bonchev–Trinajstić information content (AvgIpc) is 2.82. The number of hydrogen-bond acceptors (Lipinski definition) is 4. The number of anilines is 1. The van der Waals surface area contributed by atoms with Crippen LogP contribution in [0.2, 0.25) is 0 Å². The first kappa shape index (κ1) is 20.5. The smallest absolute Gasteiger partial charge is 0.339 e. The molecule has 0 radical (unpaired) electrons. The number of benzene rings is 3. The Morgan fingerprint density at radius 1 is 0.871 bits per heavy atom. The standard InChI is InChI=1S/C26H23NO4/c1-18-12-14-20(15-13-18)25(29)21-9-3-4-10-22(21)26(30)31-17-24(28)27-16-6-8-19-7-2-5-11-23(19)27/h2-5,7,9-15H,6,8,16-17H2,1H3. The molecule has 0 aromatic heterocycles. The summed E-state index contributed by atoms with van der Waals surface area (Å²) in [7, 11) is 0. The van der Waals surface area contributed by atoms with Crippen LogP contribution in [-0.4, -0.2) is 30.8 Å². The van der Waals surface area contributed by atoms with Crippen LogP contribution in [0.15, 0.2) is 72.8 Å². The topological polar surface area (TPSA) is 63.7 Å². The van der Waals surface area contributed by atoms with E-state index in [0.717, 1.165) is 29.7 Å². The lowest BCUT2D eigenvalue weighted by atomic mass is 9.98. The van der Waals surface area contributed by atoms with Crippen molar-refractivity contribution in [2.45, 2.75) is 19.8 Å². The third-order valence-corrected chi connectivity index (χ3v) is 5.44. The minimum absolute atomic E-state index is 0.153. The number of carbonyl (C=O) groups excluding carboxylic acids is 3. The molecule has 0 unspecified atom stereocenters. The minimum Gasteiger partial charge on any atom is -0.452 e. The third-order valence-electron chi connectivity index (χ3n) is 5.44. The average molecular weight is 413 g/mol. The number of ether oxygens (including phenoxy) is 1. The zero-order chi connectivity index (χ0) is 21.8. The summed E-state index contributed by atoms with van der Waals surface area (Å²) < 4.78 is 5.32. The zero-order valence-corrected chi connectivity index (χ0v) is 17.3. The molecule has 0 saturated carbocycles. The molecule has 1 amide bonds. The number of ketones is 1. The second-order valence-electron chi connectivity index (χ2n) is 7.59. The normalized spacial score (nSPS) is 12.7. The number of para-hydroxylation sites is 1. The molecule has 5 nitrogen and oxygen atoms in total. The summed E-state index contributed by atoms with van der Waals surface area (Å²) in [6.45, 7) is 2.16. The van der Waals surface area contributed by atoms with Gasteiger partial charge in [-0.3, -0.25) is 9.59 Å². The summed E-state index contributed by atoms with van der Waals surface area (Å²) in [6.07, 6.45) is 1.79. The van der Waals surface area contributed by atoms with Crippen molar-refractivity contribution >= 4 is 23.3 Å². The van der Waals surface area contributed by atoms with Crippen LogP contribution in [0.25, 0.3) is 0 Å². The van der Waals surface area contributed by atoms with Gasteiger partial charge in [-0.2, -0.15) is 0 Å². The van der Waals surface area contributed by atoms with E-state index in [0.29, 0.717) is 12.1 Å². The molecule has 3 aromatic carbocycles. The molecule has 1 heterocycles. The van der Waals surface area contributed by atoms with Gasteiger partial charge in [-0.1, -0.05) is 66.2 Å². The number of carbonyl (C=O) groups is 3. The highest BCUT2D eigenvalue weighted by Gasteiger charge is 2.24. The van der Waals surface area contributed by atoms with Crippen molar-refractivity contribution in [1.82, 2.24) is 0 Å². The molecule has 0 saturated heterocycles. The molecule has 1 aliphatic rings. The number of aryl methyl sites for hydroxylation is 2. The quantitative estimate of drug-likeness (QED) is 0.460. The molecular weight excluding hydrogens is 390 g/mol. The molecule has 3 aromatic rings. The molecule has 0 bridgehead atoms. The van der Waals surface area contributed by atoms with Gasteiger partial charge < -0.3 is 9.64 Å². The van der Waals surface area contributed by atoms with Crippen LogP contribution in [0.4, 0.5) is 5.69 Å². The highest BCUT2D eigenvalue weighted by Crippen LogP contribution is 2.26. The molecule has 4 rings (SSSR count). The van der Waals surface area contributed by atoms with E-state index in [1.54, 1.807) is 41.3 Å². The van der Waals surface area contributed by atoms with Crippen molar-refractivity contribution in [2.24, 2.45) is 0 Å². The van der Waals surface area contributed by atoms with Gasteiger partial charge in [0.05, 0.1) is 5.56 Å². The van der Waals surface area contributed by atoms with Crippen molar-refractivity contribution in [3.63, 3.8) is 0 Å². The lowest BCUT2D eigenvalue weighted by molar-refractivity contribution is -0.121. The van der Waals surface area contributed by atoms with Crippen LogP contribution in [0, 0.1) is 6.92 Å². The van der Waals surface area contributed by atoms with Gasteiger partial charge >= 0.3 is 5.97 Å². The molecule has 31 heavy (non-hydrogen) atoms. The molecule has 156 valence electrons. The van der Waals surface area contributed by atoms with Crippen LogP contribution < -0.4 is 4.90 Å². The first-order valence-electron chi connectivity index (χ1n) is 10.3. The Balaban J connectivity index is 1.48. The van der Waals surface area contributed by atoms with E-state index in [1.165, 1.54) is 0 Å². The van der Waals surface area contributed by atoms with Crippen LogP contribution in [-0.2, 0) is 16.0 Å². The maximum atomic E-state index is 12.9. The summed E-state index contributed by atoms with van der Waals surface area (Å²) in [5.41, 5.74) is 3.92. The fourth-order valence-corrected chi connectivity index (χ4v) is 3.80. The van der Waals surface area contributed by atoms with Crippen LogP contribution >= 0.6 is 0 Å². The Kier molecular flexibility index (Phi) is 5.94. The molecular formula is C26H23NO4. The van der Waals surface area contributed by atoms with E-state index in [2.05, 4.69) is 0 Å². The van der Waals surface area contributed by atoms with Gasteiger partial charge in [-0.15, -0.1) is 0 Å². The van der Waals surface area contributed by atoms with Crippen molar-refractivity contribution in [2.75, 3.05) is 18.1 Å². The van der Waals surface area contributed by atoms with Crippen molar-refractivity contribution < 1.29 is 19.1 Å². The van der Waals surface area contributed by atoms with Gasteiger partial charge in [0.1, 0.15) is 0 Å². The summed E-state index contributed by atoms with van der Waals surface area (Å²) in [4.78, 5) is 40.1. The van der Waals surface area contributed by atoms with Crippen molar-refractivity contribution in [1.29, 1.82) is 0 Å². The van der Waals surface area contributed by atoms with E-state index >= 15 is 0 Å². The molecule has 1 aliphatic heterocycles. The Bertz CT molecular complexity index is 1130. The second kappa shape index (κ2) is 8.96. The number of fused-ring (bicyclic) bond motifs is 1. The van der Waals surface area contributed by atoms with Gasteiger partial charge in [0.2, 0.25) is 0 Å². The molecule has 0 spiro atoms. The number of hydrogen-bond donors (Lipinski definition) is 0. The second-order valence-corrected chi connectivity index (χ2v) is 7.59. The first-order valence-corrected chi connectivity index (χ1v) is 10.3. The van der Waals surface area contributed by atoms with E-state index in [9.17, 15) is 14.4 Å². The Labute approximate surface area is 181 Å². The van der Waals surface area contributed by atoms with Gasteiger partial charge in [0.15, 0.2) is 12.4 Å². The van der Waals surface area contributed by atoms with Crippen LogP contribution in [0.5, 0.6) is 0 Å². The molecule has 5 heteroatoms. The SMILES string of the molecule is Cc1ccc(C(=O)c2ccccc2C(=O)OCC(=O)N2CCCc3ccccc32)cc1. The number of amides is 1. The van der Waals surface area contributed by atoms with Gasteiger partial charge in [0.25, 0.3) is 5.91 Å². The summed E-state index contributed by atoms with van der Waals surface area (Å²) in [5, 5.41) is 0. The Hall–Kier alpha value is -3.73. The fraction of sp³-hybridized carbons (Fsp3) is 0.192.